The number of hydrogen-bond donors (Lipinski definition) is 0. The van der Waals surface area contributed by atoms with Gasteiger partial charge in [-0.25, -0.2) is 9.97 Å². The van der Waals surface area contributed by atoms with E-state index in [4.69, 9.17) is 5.26 Å². The van der Waals surface area contributed by atoms with Crippen LogP contribution in [0.25, 0.3) is 22.6 Å². The number of nitrogens with zero attached hydrogens (tertiary/aromatic N) is 5. The molecule has 20 heavy (non-hydrogen) atoms. The fourth-order valence-corrected chi connectivity index (χ4v) is 2.22. The van der Waals surface area contributed by atoms with Gasteiger partial charge in [0.1, 0.15) is 5.69 Å². The van der Waals surface area contributed by atoms with Gasteiger partial charge in [0.05, 0.1) is 34.6 Å². The minimum absolute atomic E-state index is 0.611. The van der Waals surface area contributed by atoms with Gasteiger partial charge >= 0.3 is 0 Å². The Labute approximate surface area is 116 Å². The van der Waals surface area contributed by atoms with Crippen LogP contribution in [0.5, 0.6) is 0 Å². The summed E-state index contributed by atoms with van der Waals surface area (Å²) in [5.74, 6) is 0.782. The Morgan fingerprint density at radius 2 is 2.10 bits per heavy atom. The molecule has 0 radical (unpaired) electrons. The second-order valence-electron chi connectivity index (χ2n) is 4.54. The maximum absolute atomic E-state index is 8.97. The molecule has 0 unspecified atom stereocenters. The van der Waals surface area contributed by atoms with Gasteiger partial charge in [0.25, 0.3) is 0 Å². The van der Waals surface area contributed by atoms with Gasteiger partial charge in [0, 0.05) is 12.7 Å². The third kappa shape index (κ3) is 1.91. The van der Waals surface area contributed by atoms with E-state index in [0.717, 1.165) is 34.8 Å². The van der Waals surface area contributed by atoms with E-state index in [2.05, 4.69) is 32.5 Å². The summed E-state index contributed by atoms with van der Waals surface area (Å²) in [6.45, 7) is 4.75. The molecule has 3 aromatic rings. The van der Waals surface area contributed by atoms with Gasteiger partial charge in [-0.3, -0.25) is 4.98 Å². The lowest BCUT2D eigenvalue weighted by Gasteiger charge is -2.05. The fraction of sp³-hybridized carbons (Fsp3) is 0.200. The molecule has 0 spiro atoms. The lowest BCUT2D eigenvalue weighted by molar-refractivity contribution is 0.792. The molecule has 0 bridgehead atoms. The molecule has 2 heterocycles. The zero-order valence-corrected chi connectivity index (χ0v) is 11.3. The van der Waals surface area contributed by atoms with E-state index in [1.807, 2.05) is 13.0 Å². The Bertz CT molecular complexity index is 809. The highest BCUT2D eigenvalue weighted by Crippen LogP contribution is 2.23. The monoisotopic (exact) mass is 263 g/mol. The van der Waals surface area contributed by atoms with E-state index < -0.39 is 0 Å². The Hall–Kier alpha value is -2.74. The number of aromatic nitrogens is 4. The molecule has 0 N–H and O–H groups in total. The summed E-state index contributed by atoms with van der Waals surface area (Å²) in [5, 5.41) is 8.97. The first-order chi connectivity index (χ1) is 9.72. The van der Waals surface area contributed by atoms with Crippen LogP contribution in [0.2, 0.25) is 0 Å². The van der Waals surface area contributed by atoms with Crippen molar-refractivity contribution in [3.05, 3.63) is 41.9 Å². The Balaban J connectivity index is 2.25. The van der Waals surface area contributed by atoms with E-state index in [-0.39, 0.29) is 0 Å². The maximum Gasteiger partial charge on any atom is 0.161 e. The highest BCUT2D eigenvalue weighted by atomic mass is 15.1. The van der Waals surface area contributed by atoms with Gasteiger partial charge in [0.2, 0.25) is 0 Å². The summed E-state index contributed by atoms with van der Waals surface area (Å²) >= 11 is 0. The van der Waals surface area contributed by atoms with Crippen molar-refractivity contribution in [1.29, 1.82) is 5.26 Å². The van der Waals surface area contributed by atoms with Crippen LogP contribution in [0, 0.1) is 18.3 Å². The van der Waals surface area contributed by atoms with E-state index >= 15 is 0 Å². The molecule has 0 atom stereocenters. The van der Waals surface area contributed by atoms with Crippen LogP contribution in [0.3, 0.4) is 0 Å². The largest absolute Gasteiger partial charge is 0.323 e. The van der Waals surface area contributed by atoms with Gasteiger partial charge in [-0.2, -0.15) is 5.26 Å². The molecular formula is C15H13N5. The first kappa shape index (κ1) is 12.3. The second-order valence-corrected chi connectivity index (χ2v) is 4.54. The molecule has 3 rings (SSSR count). The van der Waals surface area contributed by atoms with Gasteiger partial charge in [-0.05, 0) is 32.0 Å². The summed E-state index contributed by atoms with van der Waals surface area (Å²) in [6.07, 6.45) is 3.46. The zero-order chi connectivity index (χ0) is 14.1. The first-order valence-electron chi connectivity index (χ1n) is 6.42. The minimum atomic E-state index is 0.611. The fourth-order valence-electron chi connectivity index (χ4n) is 2.22. The molecule has 1 aromatic carbocycles. The Morgan fingerprint density at radius 3 is 2.75 bits per heavy atom. The summed E-state index contributed by atoms with van der Waals surface area (Å²) in [6, 6.07) is 7.67. The van der Waals surface area contributed by atoms with Crippen molar-refractivity contribution < 1.29 is 0 Å². The number of imidazole rings is 1. The van der Waals surface area contributed by atoms with Crippen LogP contribution in [-0.4, -0.2) is 19.5 Å². The van der Waals surface area contributed by atoms with Crippen LogP contribution in [-0.2, 0) is 6.54 Å². The highest BCUT2D eigenvalue weighted by Gasteiger charge is 2.13. The molecule has 5 heteroatoms. The van der Waals surface area contributed by atoms with Crippen molar-refractivity contribution in [2.45, 2.75) is 20.4 Å². The Kier molecular flexibility index (Phi) is 2.92. The van der Waals surface area contributed by atoms with Crippen molar-refractivity contribution >= 4 is 11.0 Å². The molecule has 0 aliphatic rings. The summed E-state index contributed by atoms with van der Waals surface area (Å²) in [4.78, 5) is 13.3. The smallest absolute Gasteiger partial charge is 0.161 e. The van der Waals surface area contributed by atoms with Crippen molar-refractivity contribution in [3.63, 3.8) is 0 Å². The van der Waals surface area contributed by atoms with Crippen LogP contribution < -0.4 is 0 Å². The number of hydrogen-bond acceptors (Lipinski definition) is 4. The van der Waals surface area contributed by atoms with Crippen LogP contribution in [0.4, 0.5) is 0 Å². The molecule has 5 nitrogen and oxygen atoms in total. The van der Waals surface area contributed by atoms with Gasteiger partial charge in [0.15, 0.2) is 5.82 Å². The predicted octanol–water partition coefficient (Wildman–Crippen LogP) is 2.69. The highest BCUT2D eigenvalue weighted by molar-refractivity contribution is 5.81. The van der Waals surface area contributed by atoms with Gasteiger partial charge in [-0.15, -0.1) is 0 Å². The van der Waals surface area contributed by atoms with Crippen molar-refractivity contribution in [2.24, 2.45) is 0 Å². The van der Waals surface area contributed by atoms with Crippen molar-refractivity contribution in [3.8, 4) is 17.6 Å². The number of fused-ring (bicyclic) bond motifs is 1. The number of benzene rings is 1. The van der Waals surface area contributed by atoms with Crippen LogP contribution >= 0.6 is 0 Å². The number of aryl methyl sites for hydroxylation is 2. The molecule has 98 valence electrons. The molecule has 0 amide bonds. The SMILES string of the molecule is CCn1c(-c2cnc(C)cn2)nc2cc(C#N)ccc21. The normalized spacial score (nSPS) is 10.7. The zero-order valence-electron chi connectivity index (χ0n) is 11.3. The second kappa shape index (κ2) is 4.74. The van der Waals surface area contributed by atoms with Gasteiger partial charge < -0.3 is 4.57 Å². The quantitative estimate of drug-likeness (QED) is 0.713. The molecule has 0 aliphatic carbocycles. The standard InChI is InChI=1S/C15H13N5/c1-3-20-14-5-4-11(7-16)6-12(14)19-15(20)13-9-17-10(2)8-18-13/h4-6,8-9H,3H2,1-2H3. The average Bonchev–Trinajstić information content (AvgIpc) is 2.85. The molecule has 2 aromatic heterocycles. The van der Waals surface area contributed by atoms with Crippen molar-refractivity contribution in [1.82, 2.24) is 19.5 Å². The van der Waals surface area contributed by atoms with Crippen LogP contribution in [0.15, 0.2) is 30.6 Å². The van der Waals surface area contributed by atoms with E-state index in [1.54, 1.807) is 24.5 Å². The van der Waals surface area contributed by atoms with Crippen LogP contribution in [0.1, 0.15) is 18.2 Å². The summed E-state index contributed by atoms with van der Waals surface area (Å²) in [5.41, 5.74) is 4.04. The number of rotatable bonds is 2. The lowest BCUT2D eigenvalue weighted by atomic mass is 10.2. The lowest BCUT2D eigenvalue weighted by Crippen LogP contribution is -1.99. The average molecular weight is 263 g/mol. The molecule has 0 aliphatic heterocycles. The number of nitriles is 1. The first-order valence-corrected chi connectivity index (χ1v) is 6.42. The summed E-state index contributed by atoms with van der Waals surface area (Å²) < 4.78 is 2.08. The van der Waals surface area contributed by atoms with E-state index in [0.29, 0.717) is 5.56 Å². The van der Waals surface area contributed by atoms with Crippen molar-refractivity contribution in [2.75, 3.05) is 0 Å². The predicted molar refractivity (Wildman–Crippen MR) is 75.9 cm³/mol. The molecule has 0 saturated heterocycles. The topological polar surface area (TPSA) is 67.4 Å². The Morgan fingerprint density at radius 1 is 1.25 bits per heavy atom. The minimum Gasteiger partial charge on any atom is -0.323 e. The molecular weight excluding hydrogens is 250 g/mol. The maximum atomic E-state index is 8.97. The molecule has 0 fully saturated rings. The third-order valence-corrected chi connectivity index (χ3v) is 3.20. The van der Waals surface area contributed by atoms with E-state index in [9.17, 15) is 0 Å². The van der Waals surface area contributed by atoms with E-state index in [1.165, 1.54) is 0 Å². The summed E-state index contributed by atoms with van der Waals surface area (Å²) in [7, 11) is 0. The molecule has 0 saturated carbocycles. The van der Waals surface area contributed by atoms with Gasteiger partial charge in [-0.1, -0.05) is 0 Å². The third-order valence-electron chi connectivity index (χ3n) is 3.20.